The number of aliphatic hydroxyl groups excluding tert-OH is 1. The molecule has 30 heavy (non-hydrogen) atoms. The monoisotopic (exact) mass is 421 g/mol. The van der Waals surface area contributed by atoms with E-state index in [1.807, 2.05) is 36.8 Å². The molecule has 0 bridgehead atoms. The van der Waals surface area contributed by atoms with Crippen LogP contribution in [0.4, 0.5) is 0 Å². The minimum Gasteiger partial charge on any atom is -0.396 e. The lowest BCUT2D eigenvalue weighted by atomic mass is 9.96. The average molecular weight is 422 g/mol. The highest BCUT2D eigenvalue weighted by molar-refractivity contribution is 7.80. The van der Waals surface area contributed by atoms with Crippen LogP contribution in [-0.4, -0.2) is 42.8 Å². The minimum absolute atomic E-state index is 0.0244. The number of nitrogens with zero attached hydrogens (tertiary/aromatic N) is 4. The van der Waals surface area contributed by atoms with Crippen LogP contribution in [0.1, 0.15) is 46.7 Å². The summed E-state index contributed by atoms with van der Waals surface area (Å²) in [5.74, 6) is 0. The van der Waals surface area contributed by atoms with Crippen LogP contribution in [0, 0.1) is 13.8 Å². The highest BCUT2D eigenvalue weighted by Gasteiger charge is 2.40. The summed E-state index contributed by atoms with van der Waals surface area (Å²) in [4.78, 5) is 10.9. The molecule has 2 atom stereocenters. The molecule has 1 aliphatic rings. The summed E-state index contributed by atoms with van der Waals surface area (Å²) in [6.45, 7) is 5.96. The van der Waals surface area contributed by atoms with E-state index in [1.165, 1.54) is 22.5 Å². The van der Waals surface area contributed by atoms with Gasteiger partial charge in [-0.2, -0.15) is 0 Å². The first kappa shape index (κ1) is 20.5. The van der Waals surface area contributed by atoms with Crippen molar-refractivity contribution in [3.8, 4) is 0 Å². The number of pyridine rings is 2. The van der Waals surface area contributed by atoms with Crippen molar-refractivity contribution in [1.82, 2.24) is 24.8 Å². The van der Waals surface area contributed by atoms with Gasteiger partial charge in [0.25, 0.3) is 0 Å². The molecule has 2 unspecified atom stereocenters. The van der Waals surface area contributed by atoms with Crippen LogP contribution in [0.15, 0.2) is 55.0 Å². The van der Waals surface area contributed by atoms with Crippen LogP contribution in [-0.2, 0) is 6.54 Å². The molecule has 1 saturated heterocycles. The Kier molecular flexibility index (Phi) is 6.11. The second kappa shape index (κ2) is 8.93. The third kappa shape index (κ3) is 3.95. The second-order valence-electron chi connectivity index (χ2n) is 7.67. The standard InChI is InChI=1S/C23H27N5OS/c1-16-14-19(17(2)28(16)15-18-7-10-24-11-8-18)22-21(20-6-3-4-9-25-20)26-23(30)27(22)12-5-13-29/h3-4,6-11,14,21-22,29H,5,12-13,15H2,1-2H3,(H,26,30). The molecule has 0 spiro atoms. The van der Waals surface area contributed by atoms with Gasteiger partial charge in [-0.15, -0.1) is 0 Å². The first-order chi connectivity index (χ1) is 14.6. The smallest absolute Gasteiger partial charge is 0.170 e. The topological polar surface area (TPSA) is 66.2 Å². The second-order valence-corrected chi connectivity index (χ2v) is 8.05. The van der Waals surface area contributed by atoms with E-state index in [9.17, 15) is 5.11 Å². The molecule has 0 amide bonds. The summed E-state index contributed by atoms with van der Waals surface area (Å²) in [7, 11) is 0. The molecule has 1 fully saturated rings. The molecular weight excluding hydrogens is 394 g/mol. The molecular formula is C23H27N5OS. The number of nitrogens with one attached hydrogen (secondary N) is 1. The summed E-state index contributed by atoms with van der Waals surface area (Å²) in [6, 6.07) is 12.3. The van der Waals surface area contributed by atoms with Gasteiger partial charge in [0, 0.05) is 49.7 Å². The average Bonchev–Trinajstić information content (AvgIpc) is 3.24. The molecule has 1 aliphatic heterocycles. The molecule has 0 aromatic carbocycles. The van der Waals surface area contributed by atoms with Crippen LogP contribution in [0.2, 0.25) is 0 Å². The van der Waals surface area contributed by atoms with Crippen LogP contribution in [0.5, 0.6) is 0 Å². The highest BCUT2D eigenvalue weighted by Crippen LogP contribution is 2.40. The number of rotatable bonds is 7. The Hall–Kier alpha value is -2.77. The van der Waals surface area contributed by atoms with E-state index in [0.717, 1.165) is 12.2 Å². The molecule has 0 saturated carbocycles. The van der Waals surface area contributed by atoms with Gasteiger partial charge >= 0.3 is 0 Å². The predicted molar refractivity (Wildman–Crippen MR) is 121 cm³/mol. The minimum atomic E-state index is -0.0349. The number of aryl methyl sites for hydroxylation is 1. The first-order valence-electron chi connectivity index (χ1n) is 10.2. The van der Waals surface area contributed by atoms with Gasteiger partial charge in [0.1, 0.15) is 0 Å². The lowest BCUT2D eigenvalue weighted by Crippen LogP contribution is -2.31. The van der Waals surface area contributed by atoms with Gasteiger partial charge in [0.2, 0.25) is 0 Å². The van der Waals surface area contributed by atoms with Crippen molar-refractivity contribution in [2.45, 2.75) is 38.9 Å². The molecule has 3 aromatic heterocycles. The number of aromatic nitrogens is 3. The molecule has 156 valence electrons. The van der Waals surface area contributed by atoms with E-state index in [1.54, 1.807) is 0 Å². The van der Waals surface area contributed by atoms with Crippen molar-refractivity contribution in [2.75, 3.05) is 13.2 Å². The summed E-state index contributed by atoms with van der Waals surface area (Å²) < 4.78 is 2.34. The van der Waals surface area contributed by atoms with Gasteiger partial charge in [-0.05, 0) is 73.9 Å². The Morgan fingerprint density at radius 1 is 1.13 bits per heavy atom. The quantitative estimate of drug-likeness (QED) is 0.571. The molecule has 0 aliphatic carbocycles. The maximum absolute atomic E-state index is 9.41. The van der Waals surface area contributed by atoms with E-state index in [-0.39, 0.29) is 18.7 Å². The first-order valence-corrected chi connectivity index (χ1v) is 10.7. The zero-order valence-corrected chi connectivity index (χ0v) is 18.1. The Morgan fingerprint density at radius 2 is 1.93 bits per heavy atom. The summed E-state index contributed by atoms with van der Waals surface area (Å²) in [5.41, 5.74) is 5.85. The zero-order chi connectivity index (χ0) is 21.1. The summed E-state index contributed by atoms with van der Waals surface area (Å²) in [6.07, 6.45) is 6.15. The van der Waals surface area contributed by atoms with Crippen LogP contribution in [0.3, 0.4) is 0 Å². The highest BCUT2D eigenvalue weighted by atomic mass is 32.1. The SMILES string of the molecule is Cc1cc(C2C(c3ccccn3)NC(=S)N2CCCO)c(C)n1Cc1ccncc1. The lowest BCUT2D eigenvalue weighted by molar-refractivity contribution is 0.247. The van der Waals surface area contributed by atoms with Gasteiger partial charge in [0.15, 0.2) is 5.11 Å². The Labute approximate surface area is 182 Å². The normalized spacial score (nSPS) is 18.6. The number of thiocarbonyl (C=S) groups is 1. The van der Waals surface area contributed by atoms with Gasteiger partial charge < -0.3 is 19.9 Å². The Balaban J connectivity index is 1.74. The summed E-state index contributed by atoms with van der Waals surface area (Å²) in [5, 5.41) is 13.6. The Bertz CT molecular complexity index is 1010. The molecule has 2 N–H and O–H groups in total. The van der Waals surface area contributed by atoms with E-state index < -0.39 is 0 Å². The maximum atomic E-state index is 9.41. The summed E-state index contributed by atoms with van der Waals surface area (Å²) >= 11 is 5.69. The van der Waals surface area contributed by atoms with E-state index in [0.29, 0.717) is 18.1 Å². The van der Waals surface area contributed by atoms with Crippen LogP contribution < -0.4 is 5.32 Å². The fraction of sp³-hybridized carbons (Fsp3) is 0.348. The van der Waals surface area contributed by atoms with Crippen molar-refractivity contribution in [3.63, 3.8) is 0 Å². The lowest BCUT2D eigenvalue weighted by Gasteiger charge is -2.28. The fourth-order valence-corrected chi connectivity index (χ4v) is 4.60. The van der Waals surface area contributed by atoms with Gasteiger partial charge in [0.05, 0.1) is 17.8 Å². The van der Waals surface area contributed by atoms with Crippen LogP contribution >= 0.6 is 12.2 Å². The molecule has 0 radical (unpaired) electrons. The van der Waals surface area contributed by atoms with Crippen molar-refractivity contribution >= 4 is 17.3 Å². The molecule has 4 rings (SSSR count). The third-order valence-electron chi connectivity index (χ3n) is 5.78. The third-order valence-corrected chi connectivity index (χ3v) is 6.13. The van der Waals surface area contributed by atoms with E-state index in [4.69, 9.17) is 12.2 Å². The molecule has 4 heterocycles. The van der Waals surface area contributed by atoms with E-state index >= 15 is 0 Å². The number of hydrogen-bond acceptors (Lipinski definition) is 4. The van der Waals surface area contributed by atoms with Crippen molar-refractivity contribution in [3.05, 3.63) is 83.2 Å². The van der Waals surface area contributed by atoms with Crippen LogP contribution in [0.25, 0.3) is 0 Å². The number of hydrogen-bond donors (Lipinski definition) is 2. The molecule has 3 aromatic rings. The zero-order valence-electron chi connectivity index (χ0n) is 17.3. The van der Waals surface area contributed by atoms with Gasteiger partial charge in [-0.1, -0.05) is 6.07 Å². The maximum Gasteiger partial charge on any atom is 0.170 e. The van der Waals surface area contributed by atoms with E-state index in [2.05, 4.69) is 56.8 Å². The van der Waals surface area contributed by atoms with Crippen molar-refractivity contribution in [1.29, 1.82) is 0 Å². The number of aliphatic hydroxyl groups is 1. The van der Waals surface area contributed by atoms with Gasteiger partial charge in [-0.25, -0.2) is 0 Å². The predicted octanol–water partition coefficient (Wildman–Crippen LogP) is 3.30. The fourth-order valence-electron chi connectivity index (χ4n) is 4.27. The molecule has 7 heteroatoms. The van der Waals surface area contributed by atoms with Crippen molar-refractivity contribution in [2.24, 2.45) is 0 Å². The largest absolute Gasteiger partial charge is 0.396 e. The van der Waals surface area contributed by atoms with Crippen molar-refractivity contribution < 1.29 is 5.11 Å². The Morgan fingerprint density at radius 3 is 2.63 bits per heavy atom. The van der Waals surface area contributed by atoms with Gasteiger partial charge in [-0.3, -0.25) is 9.97 Å². The molecule has 6 nitrogen and oxygen atoms in total.